The Morgan fingerprint density at radius 2 is 1.62 bits per heavy atom. The van der Waals surface area contributed by atoms with Crippen LogP contribution < -0.4 is 10.4 Å². The number of hydrogen-bond donors (Lipinski definition) is 4. The Labute approximate surface area is 508 Å². The summed E-state index contributed by atoms with van der Waals surface area (Å²) in [6, 6.07) is 36.9. The molecule has 2 saturated carbocycles. The molecule has 5 aromatic carbocycles. The van der Waals surface area contributed by atoms with E-state index in [2.05, 4.69) is 127 Å². The van der Waals surface area contributed by atoms with Crippen molar-refractivity contribution in [2.75, 3.05) is 26.6 Å². The number of hydrogen-bond acceptors (Lipinski definition) is 12. The van der Waals surface area contributed by atoms with Crippen LogP contribution >= 0.6 is 0 Å². The maximum absolute atomic E-state index is 15.9. The molecular weight excluding hydrogens is 1090 g/mol. The summed E-state index contributed by atoms with van der Waals surface area (Å²) < 4.78 is 33.6. The summed E-state index contributed by atoms with van der Waals surface area (Å²) in [7, 11) is 0. The fraction of sp³-hybridized carbons (Fsp3) is 0.427. The summed E-state index contributed by atoms with van der Waals surface area (Å²) in [6.45, 7) is 1.67. The van der Waals surface area contributed by atoms with E-state index in [1.54, 1.807) is 19.1 Å². The Morgan fingerprint density at radius 1 is 0.782 bits per heavy atom. The molecular formula is C75H78O12. The summed E-state index contributed by atoms with van der Waals surface area (Å²) in [5.74, 6) is -1.87. The maximum atomic E-state index is 15.9. The van der Waals surface area contributed by atoms with Gasteiger partial charge in [-0.3, -0.25) is 4.79 Å². The average molecular weight is 1170 g/mol. The number of rotatable bonds is 10. The predicted molar refractivity (Wildman–Crippen MR) is 332 cm³/mol. The van der Waals surface area contributed by atoms with E-state index in [0.29, 0.717) is 41.7 Å². The van der Waals surface area contributed by atoms with Crippen molar-refractivity contribution in [1.82, 2.24) is 0 Å². The molecule has 4 N–H and O–H groups in total. The van der Waals surface area contributed by atoms with Crippen LogP contribution in [0, 0.1) is 29.6 Å². The highest BCUT2D eigenvalue weighted by atomic mass is 16.6. The molecule has 1 aromatic heterocycles. The minimum atomic E-state index is -1.41. The Morgan fingerprint density at radius 3 is 2.46 bits per heavy atom. The van der Waals surface area contributed by atoms with Gasteiger partial charge in [-0.05, 0) is 175 Å². The van der Waals surface area contributed by atoms with Gasteiger partial charge < -0.3 is 43.8 Å². The van der Waals surface area contributed by atoms with Crippen LogP contribution in [0.1, 0.15) is 175 Å². The van der Waals surface area contributed by atoms with Crippen LogP contribution in [0.4, 0.5) is 0 Å². The van der Waals surface area contributed by atoms with Gasteiger partial charge in [0.2, 0.25) is 0 Å². The molecule has 12 heteroatoms. The smallest absolute Gasteiger partial charge is 0.340 e. The molecule has 0 amide bonds. The molecule has 2 fully saturated rings. The number of carbonyl (C=O) groups is 2. The summed E-state index contributed by atoms with van der Waals surface area (Å²) in [5.41, 5.74) is 9.98. The molecule has 0 unspecified atom stereocenters. The molecule has 5 aliphatic carbocycles. The van der Waals surface area contributed by atoms with Crippen molar-refractivity contribution in [1.29, 1.82) is 0 Å². The third kappa shape index (κ3) is 9.80. The van der Waals surface area contributed by atoms with Crippen molar-refractivity contribution < 1.29 is 53.4 Å². The SMILES string of the molecule is C/C(CO)=C1\CCc2ccc3cc2CC[C@@H]2[C@H]4C=Cc5ccccc5[C@H]4C[C@@H]2[C@]2(C)Oc4ccc5c(CO)c([C@H](CCO)COCO)c(=O)oc5c4[C@@H](OC(=O)C[C@@H]4C[C@@H](c5cccc([C@]67CCCC[C@@H]6C=Cc6ccccc67)c5)C=C[C@@H]34)[C@@H]2OC1=O. The van der Waals surface area contributed by atoms with Crippen LogP contribution in [0.25, 0.3) is 23.1 Å². The number of benzene rings is 5. The van der Waals surface area contributed by atoms with E-state index < -0.39 is 54.7 Å². The Balaban J connectivity index is 0.953. The number of aliphatic hydroxyl groups is 4. The number of aryl methyl sites for hydroxylation is 2. The fourth-order valence-corrected chi connectivity index (χ4v) is 17.8. The van der Waals surface area contributed by atoms with Gasteiger partial charge in [-0.1, -0.05) is 140 Å². The molecule has 0 spiro atoms. The first-order valence-electron chi connectivity index (χ1n) is 31.8. The first-order valence-corrected chi connectivity index (χ1v) is 31.8. The number of esters is 2. The molecule has 13 atom stereocenters. The lowest BCUT2D eigenvalue weighted by Gasteiger charge is -2.50. The van der Waals surface area contributed by atoms with Gasteiger partial charge in [-0.25, -0.2) is 9.59 Å². The minimum absolute atomic E-state index is 0.00100. The van der Waals surface area contributed by atoms with Crippen LogP contribution in [0.3, 0.4) is 0 Å². The highest BCUT2D eigenvalue weighted by Gasteiger charge is 2.62. The van der Waals surface area contributed by atoms with Crippen molar-refractivity contribution in [2.24, 2.45) is 29.6 Å². The van der Waals surface area contributed by atoms with Crippen molar-refractivity contribution >= 4 is 35.1 Å². The van der Waals surface area contributed by atoms with Crippen LogP contribution in [0.5, 0.6) is 5.75 Å². The minimum Gasteiger partial charge on any atom is -0.483 e. The van der Waals surface area contributed by atoms with Crippen molar-refractivity contribution in [3.8, 4) is 5.75 Å². The van der Waals surface area contributed by atoms with E-state index in [1.807, 2.05) is 6.92 Å². The molecule has 12 nitrogen and oxygen atoms in total. The van der Waals surface area contributed by atoms with Gasteiger partial charge in [0.15, 0.2) is 17.8 Å². The molecule has 0 radical (unpaired) electrons. The van der Waals surface area contributed by atoms with Gasteiger partial charge in [0, 0.05) is 58.6 Å². The highest BCUT2D eigenvalue weighted by molar-refractivity contribution is 5.91. The van der Waals surface area contributed by atoms with Gasteiger partial charge in [-0.15, -0.1) is 0 Å². The highest BCUT2D eigenvalue weighted by Crippen LogP contribution is 2.61. The Hall–Kier alpha value is -7.19. The standard InChI is InChI=1S/C75H78O12/c1-43(39-77)55-25-20-44-17-18-50-34-48(44)23-28-59-58-27-21-45-10-3-5-15-57(45)61(58)38-64(59)74(2)71(86-72(55)81)70(68-65(87-74)30-29-60-62(40-78)67(73(82)85-69(60)68)51(31-33-76)41-83-42-79)84-66(80)37-52-35-49(22-26-56(50)52)47-12-9-14-54(36-47)75-32-8-7-13-53(75)24-19-46-11-4-6-16-63(46)75/h3-6,9-12,14-19,21-22,24,26-27,29-30,34,36,49,51-53,56,58-59,61,64,70-71,76-79H,7-8,13,20,23,25,28,31-33,35,37-42H2,1-2H3/b55-43-/t49-,51+,52-,53+,56-,58+,59+,61+,64-,70+,71-,74-,75-/m0/s1. The molecule has 4 heterocycles. The fourth-order valence-electron chi connectivity index (χ4n) is 17.8. The van der Waals surface area contributed by atoms with E-state index in [-0.39, 0.29) is 114 Å². The lowest BCUT2D eigenvalue weighted by molar-refractivity contribution is -0.202. The van der Waals surface area contributed by atoms with Crippen molar-refractivity contribution in [3.05, 3.63) is 216 Å². The molecule has 5 bridgehead atoms. The van der Waals surface area contributed by atoms with Crippen LogP contribution in [-0.4, -0.2) is 70.7 Å². The first kappa shape index (κ1) is 57.5. The van der Waals surface area contributed by atoms with Gasteiger partial charge in [0.1, 0.15) is 18.1 Å². The molecule has 6 aromatic rings. The summed E-state index contributed by atoms with van der Waals surface area (Å²) in [6.07, 6.45) is 19.5. The zero-order valence-electron chi connectivity index (χ0n) is 49.7. The number of fused-ring (bicyclic) bond motifs is 14. The summed E-state index contributed by atoms with van der Waals surface area (Å²) >= 11 is 0. The van der Waals surface area contributed by atoms with Gasteiger partial charge in [-0.2, -0.15) is 0 Å². The lowest BCUT2D eigenvalue weighted by Crippen LogP contribution is -2.59. The monoisotopic (exact) mass is 1170 g/mol. The molecule has 8 aliphatic rings. The van der Waals surface area contributed by atoms with Crippen molar-refractivity contribution in [2.45, 2.75) is 144 Å². The molecule has 3 aliphatic heterocycles. The average Bonchev–Trinajstić information content (AvgIpc) is 1.80. The molecule has 87 heavy (non-hydrogen) atoms. The van der Waals surface area contributed by atoms with Gasteiger partial charge >= 0.3 is 17.6 Å². The van der Waals surface area contributed by atoms with Crippen LogP contribution in [0.2, 0.25) is 0 Å². The van der Waals surface area contributed by atoms with Gasteiger partial charge in [0.25, 0.3) is 0 Å². The van der Waals surface area contributed by atoms with E-state index in [0.717, 1.165) is 48.8 Å². The Bertz CT molecular complexity index is 3870. The third-order valence-electron chi connectivity index (χ3n) is 22.0. The van der Waals surface area contributed by atoms with E-state index in [1.165, 1.54) is 39.8 Å². The number of aliphatic hydroxyl groups excluding tert-OH is 4. The topological polar surface area (TPSA) is 182 Å². The zero-order valence-corrected chi connectivity index (χ0v) is 49.7. The van der Waals surface area contributed by atoms with E-state index >= 15 is 9.59 Å². The molecule has 14 rings (SSSR count). The second kappa shape index (κ2) is 23.4. The predicted octanol–water partition coefficient (Wildman–Crippen LogP) is 12.7. The molecule has 450 valence electrons. The van der Waals surface area contributed by atoms with E-state index in [4.69, 9.17) is 23.4 Å². The first-order chi connectivity index (χ1) is 42.4. The number of ether oxygens (including phenoxy) is 4. The normalized spacial score (nSPS) is 30.4. The van der Waals surface area contributed by atoms with Crippen LogP contribution in [0.15, 0.2) is 148 Å². The summed E-state index contributed by atoms with van der Waals surface area (Å²) in [4.78, 5) is 46.2. The number of carbonyl (C=O) groups excluding carboxylic acids is 2. The largest absolute Gasteiger partial charge is 0.483 e. The second-order valence-corrected chi connectivity index (χ2v) is 26.3. The number of allylic oxidation sites excluding steroid dienone is 4. The van der Waals surface area contributed by atoms with Crippen molar-refractivity contribution in [3.63, 3.8) is 0 Å². The second-order valence-electron chi connectivity index (χ2n) is 26.3. The van der Waals surface area contributed by atoms with Gasteiger partial charge in [0.05, 0.1) is 25.4 Å². The summed E-state index contributed by atoms with van der Waals surface area (Å²) in [5, 5.41) is 42.4. The van der Waals surface area contributed by atoms with E-state index in [9.17, 15) is 25.2 Å². The maximum Gasteiger partial charge on any atom is 0.340 e. The quantitative estimate of drug-likeness (QED) is 0.0335. The third-order valence-corrected chi connectivity index (χ3v) is 22.0. The zero-order chi connectivity index (χ0) is 59.7. The van der Waals surface area contributed by atoms with Crippen LogP contribution in [-0.2, 0) is 48.7 Å². The lowest BCUT2D eigenvalue weighted by atomic mass is 9.56. The molecule has 0 saturated heterocycles. The Kier molecular flexibility index (Phi) is 15.5.